The first-order chi connectivity index (χ1) is 12.4. The van der Waals surface area contributed by atoms with Gasteiger partial charge in [0.15, 0.2) is 18.5 Å². The molecule has 1 aromatic carbocycles. The van der Waals surface area contributed by atoms with Gasteiger partial charge in [-0.25, -0.2) is 4.79 Å². The Hall–Kier alpha value is -2.23. The number of esters is 1. The maximum Gasteiger partial charge on any atom is 0.364 e. The van der Waals surface area contributed by atoms with Crippen molar-refractivity contribution in [2.45, 2.75) is 25.2 Å². The van der Waals surface area contributed by atoms with Crippen molar-refractivity contribution in [3.8, 4) is 17.1 Å². The van der Waals surface area contributed by atoms with E-state index < -0.39 is 12.1 Å². The second-order valence-electron chi connectivity index (χ2n) is 6.38. The minimum atomic E-state index is -0.534. The second-order valence-corrected chi connectivity index (χ2v) is 6.74. The van der Waals surface area contributed by atoms with Crippen molar-refractivity contribution in [2.75, 3.05) is 20.8 Å². The van der Waals surface area contributed by atoms with Crippen molar-refractivity contribution < 1.29 is 24.3 Å². The van der Waals surface area contributed by atoms with Crippen molar-refractivity contribution in [3.05, 3.63) is 29.0 Å². The maximum absolute atomic E-state index is 12.0. The molecule has 1 aliphatic rings. The summed E-state index contributed by atoms with van der Waals surface area (Å²) in [4.78, 5) is 12.9. The number of methoxy groups -OCH3 is 2. The molecule has 140 valence electrons. The van der Waals surface area contributed by atoms with E-state index in [-0.39, 0.29) is 5.97 Å². The number of likely N-dealkylation sites (tertiary alicyclic amines) is 1. The van der Waals surface area contributed by atoms with E-state index in [4.69, 9.17) is 21.7 Å². The number of quaternary nitrogens is 1. The Balaban J connectivity index is 1.87. The van der Waals surface area contributed by atoms with E-state index in [1.165, 1.54) is 7.11 Å². The largest absolute Gasteiger partial charge is 0.497 e. The van der Waals surface area contributed by atoms with E-state index >= 15 is 0 Å². The van der Waals surface area contributed by atoms with Gasteiger partial charge in [-0.15, -0.1) is 5.10 Å². The molecule has 2 aromatic rings. The lowest BCUT2D eigenvalue weighted by molar-refractivity contribution is -0.928. The molecular formula is C17H23N4O4S+. The van der Waals surface area contributed by atoms with Crippen molar-refractivity contribution in [1.29, 1.82) is 0 Å². The van der Waals surface area contributed by atoms with Gasteiger partial charge in [-0.3, -0.25) is 0 Å². The second kappa shape index (κ2) is 7.56. The molecule has 1 unspecified atom stereocenters. The smallest absolute Gasteiger partial charge is 0.364 e. The number of aliphatic hydroxyl groups is 1. The Morgan fingerprint density at radius 1 is 1.38 bits per heavy atom. The van der Waals surface area contributed by atoms with Crippen LogP contribution in [0.15, 0.2) is 24.3 Å². The molecule has 2 heterocycles. The molecule has 9 heteroatoms. The molecule has 3 rings (SSSR count). The molecule has 3 atom stereocenters. The summed E-state index contributed by atoms with van der Waals surface area (Å²) in [6.45, 7) is 0.843. The highest BCUT2D eigenvalue weighted by Crippen LogP contribution is 2.20. The molecule has 1 fully saturated rings. The van der Waals surface area contributed by atoms with Crippen LogP contribution in [0, 0.1) is 4.77 Å². The molecule has 1 aliphatic heterocycles. The van der Waals surface area contributed by atoms with Crippen LogP contribution in [0.25, 0.3) is 11.4 Å². The number of hydrogen-bond donors (Lipinski definition) is 2. The van der Waals surface area contributed by atoms with Crippen LogP contribution in [0.1, 0.15) is 6.42 Å². The van der Waals surface area contributed by atoms with Crippen molar-refractivity contribution >= 4 is 18.2 Å². The van der Waals surface area contributed by atoms with Gasteiger partial charge in [0.2, 0.25) is 4.77 Å². The van der Waals surface area contributed by atoms with Crippen molar-refractivity contribution in [3.63, 3.8) is 0 Å². The average molecular weight is 379 g/mol. The van der Waals surface area contributed by atoms with Crippen LogP contribution >= 0.6 is 12.2 Å². The van der Waals surface area contributed by atoms with E-state index in [2.05, 4.69) is 5.10 Å². The van der Waals surface area contributed by atoms with Crippen LogP contribution in [-0.2, 0) is 23.2 Å². The van der Waals surface area contributed by atoms with Gasteiger partial charge in [-0.1, -0.05) is 0 Å². The zero-order valence-corrected chi connectivity index (χ0v) is 15.8. The predicted molar refractivity (Wildman–Crippen MR) is 96.3 cm³/mol. The van der Waals surface area contributed by atoms with Crippen molar-refractivity contribution in [1.82, 2.24) is 14.3 Å². The summed E-state index contributed by atoms with van der Waals surface area (Å²) in [5.74, 6) is 1.17. The first-order valence-electron chi connectivity index (χ1n) is 8.33. The van der Waals surface area contributed by atoms with Crippen LogP contribution in [0.3, 0.4) is 0 Å². The van der Waals surface area contributed by atoms with Gasteiger partial charge in [0.25, 0.3) is 0 Å². The van der Waals surface area contributed by atoms with E-state index in [0.29, 0.717) is 24.4 Å². The highest BCUT2D eigenvalue weighted by Gasteiger charge is 2.41. The van der Waals surface area contributed by atoms with Crippen LogP contribution in [0.5, 0.6) is 5.75 Å². The van der Waals surface area contributed by atoms with Gasteiger partial charge in [-0.05, 0) is 36.5 Å². The number of benzene rings is 1. The van der Waals surface area contributed by atoms with Crippen LogP contribution in [-0.4, -0.2) is 58.3 Å². The Morgan fingerprint density at radius 3 is 2.69 bits per heavy atom. The molecule has 0 amide bonds. The number of aromatic nitrogens is 3. The fraction of sp³-hybridized carbons (Fsp3) is 0.471. The first-order valence-corrected chi connectivity index (χ1v) is 8.74. The van der Waals surface area contributed by atoms with Crippen molar-refractivity contribution in [2.24, 2.45) is 7.05 Å². The predicted octanol–water partition coefficient (Wildman–Crippen LogP) is -0.225. The number of carbonyl (C=O) groups excluding carboxylic acids is 1. The lowest BCUT2D eigenvalue weighted by Gasteiger charge is -2.18. The van der Waals surface area contributed by atoms with Crippen LogP contribution in [0.4, 0.5) is 0 Å². The third-order valence-electron chi connectivity index (χ3n) is 4.73. The highest BCUT2D eigenvalue weighted by molar-refractivity contribution is 7.71. The van der Waals surface area contributed by atoms with Crippen LogP contribution < -0.4 is 9.64 Å². The van der Waals surface area contributed by atoms with E-state index in [1.807, 2.05) is 35.9 Å². The number of carbonyl (C=O) groups is 1. The highest BCUT2D eigenvalue weighted by atomic mass is 32.1. The monoisotopic (exact) mass is 379 g/mol. The van der Waals surface area contributed by atoms with Gasteiger partial charge in [0.1, 0.15) is 18.4 Å². The molecule has 26 heavy (non-hydrogen) atoms. The normalized spacial score (nSPS) is 22.4. The minimum absolute atomic E-state index is 0.325. The number of rotatable bonds is 5. The summed E-state index contributed by atoms with van der Waals surface area (Å²) in [6, 6.07) is 7.16. The zero-order chi connectivity index (χ0) is 18.8. The fourth-order valence-electron chi connectivity index (χ4n) is 3.32. The third-order valence-corrected chi connectivity index (χ3v) is 5.21. The van der Waals surface area contributed by atoms with E-state index in [1.54, 1.807) is 11.8 Å². The van der Waals surface area contributed by atoms with Gasteiger partial charge in [0, 0.05) is 19.0 Å². The van der Waals surface area contributed by atoms with E-state index in [9.17, 15) is 9.90 Å². The first kappa shape index (κ1) is 18.6. The number of nitrogens with zero attached hydrogens (tertiary/aromatic N) is 3. The summed E-state index contributed by atoms with van der Waals surface area (Å²) in [5.41, 5.74) is 0.916. The zero-order valence-electron chi connectivity index (χ0n) is 15.0. The lowest BCUT2D eigenvalue weighted by Crippen LogP contribution is -3.14. The molecule has 2 N–H and O–H groups in total. The lowest BCUT2D eigenvalue weighted by atomic mass is 10.2. The molecule has 1 aromatic heterocycles. The Kier molecular flexibility index (Phi) is 5.40. The maximum atomic E-state index is 12.0. The number of hydrogen-bond acceptors (Lipinski definition) is 6. The average Bonchev–Trinajstić information content (AvgIpc) is 3.16. The summed E-state index contributed by atoms with van der Waals surface area (Å²) in [5, 5.41) is 14.6. The Morgan fingerprint density at radius 2 is 2.08 bits per heavy atom. The van der Waals surface area contributed by atoms with Gasteiger partial charge in [0.05, 0.1) is 14.2 Å². The third kappa shape index (κ3) is 3.50. The summed E-state index contributed by atoms with van der Waals surface area (Å²) in [7, 11) is 4.84. The van der Waals surface area contributed by atoms with Gasteiger partial charge >= 0.3 is 5.97 Å². The fourth-order valence-corrected chi connectivity index (χ4v) is 3.51. The number of ether oxygens (including phenoxy) is 2. The summed E-state index contributed by atoms with van der Waals surface area (Å²) in [6.07, 6.45) is -0.152. The van der Waals surface area contributed by atoms with E-state index in [0.717, 1.165) is 22.0 Å². The Labute approximate surface area is 156 Å². The molecule has 0 radical (unpaired) electrons. The number of aliphatic hydroxyl groups excluding tert-OH is 1. The molecular weight excluding hydrogens is 356 g/mol. The molecule has 0 saturated carbocycles. The summed E-state index contributed by atoms with van der Waals surface area (Å²) < 4.78 is 14.1. The van der Waals surface area contributed by atoms with Gasteiger partial charge in [-0.2, -0.15) is 4.68 Å². The molecule has 0 spiro atoms. The SMILES string of the molecule is COC(=O)[C@@H]1C[C@H](O)C[NH+]1Cn1nc(-c2ccc(OC)cc2)n(C)c1=S. The summed E-state index contributed by atoms with van der Waals surface area (Å²) >= 11 is 5.51. The number of nitrogens with one attached hydrogen (secondary N) is 1. The quantitative estimate of drug-likeness (QED) is 0.552. The molecule has 8 nitrogen and oxygen atoms in total. The van der Waals surface area contributed by atoms with Crippen LogP contribution in [0.2, 0.25) is 0 Å². The molecule has 1 saturated heterocycles. The topological polar surface area (TPSA) is 82.9 Å². The Bertz CT molecular complexity index is 845. The molecule has 0 bridgehead atoms. The van der Waals surface area contributed by atoms with Gasteiger partial charge < -0.3 is 24.0 Å². The minimum Gasteiger partial charge on any atom is -0.497 e. The molecule has 0 aliphatic carbocycles. The standard InChI is InChI=1S/C17H22N4O4S/c1-19-15(11-4-6-13(24-2)7-5-11)18-21(17(19)26)10-20-9-12(22)8-14(20)16(23)25-3/h4-7,12,14,22H,8-10H2,1-3H3/p+1/t12-,14-/m0/s1.